The van der Waals surface area contributed by atoms with Gasteiger partial charge in [0.2, 0.25) is 0 Å². The van der Waals surface area contributed by atoms with E-state index in [-0.39, 0.29) is 0 Å². The molecule has 0 aliphatic rings. The molecule has 0 spiro atoms. The van der Waals surface area contributed by atoms with E-state index in [9.17, 15) is 9.59 Å². The quantitative estimate of drug-likeness (QED) is 0.202. The molecular formula is C33H28N2O5. The summed E-state index contributed by atoms with van der Waals surface area (Å²) in [4.78, 5) is 30.5. The molecule has 7 heteroatoms. The van der Waals surface area contributed by atoms with Crippen LogP contribution in [0.25, 0.3) is 22.2 Å². The lowest BCUT2D eigenvalue weighted by Gasteiger charge is -2.12. The molecule has 0 unspecified atom stereocenters. The van der Waals surface area contributed by atoms with E-state index in [2.05, 4.69) is 5.32 Å². The molecule has 5 aromatic rings. The molecule has 0 fully saturated rings. The SMILES string of the molecule is CCOc1ccccc1NC(=O)COC(=O)c1cc(-c2ccc(OCc3ccccc3)cc2)nc2ccccc12. The lowest BCUT2D eigenvalue weighted by molar-refractivity contribution is -0.119. The normalized spacial score (nSPS) is 10.6. The van der Waals surface area contributed by atoms with Crippen LogP contribution < -0.4 is 14.8 Å². The third kappa shape index (κ3) is 6.45. The second-order valence-corrected chi connectivity index (χ2v) is 8.92. The molecule has 200 valence electrons. The number of hydrogen-bond donors (Lipinski definition) is 1. The average molecular weight is 533 g/mol. The van der Waals surface area contributed by atoms with Crippen LogP contribution >= 0.6 is 0 Å². The fourth-order valence-electron chi connectivity index (χ4n) is 4.20. The molecule has 7 nitrogen and oxygen atoms in total. The third-order valence-corrected chi connectivity index (χ3v) is 6.13. The van der Waals surface area contributed by atoms with Crippen LogP contribution in [0, 0.1) is 0 Å². The lowest BCUT2D eigenvalue weighted by atomic mass is 10.0. The number of carbonyl (C=O) groups excluding carboxylic acids is 2. The van der Waals surface area contributed by atoms with Crippen molar-refractivity contribution in [1.82, 2.24) is 4.98 Å². The van der Waals surface area contributed by atoms with Gasteiger partial charge < -0.3 is 19.5 Å². The summed E-state index contributed by atoms with van der Waals surface area (Å²) in [6, 6.07) is 33.6. The number of hydrogen-bond acceptors (Lipinski definition) is 6. The number of ether oxygens (including phenoxy) is 3. The third-order valence-electron chi connectivity index (χ3n) is 6.13. The Kier molecular flexibility index (Phi) is 8.32. The van der Waals surface area contributed by atoms with Crippen LogP contribution in [0.2, 0.25) is 0 Å². The highest BCUT2D eigenvalue weighted by atomic mass is 16.5. The van der Waals surface area contributed by atoms with Gasteiger partial charge in [-0.15, -0.1) is 0 Å². The first-order valence-corrected chi connectivity index (χ1v) is 13.0. The molecule has 0 saturated heterocycles. The number of nitrogens with one attached hydrogen (secondary N) is 1. The van der Waals surface area contributed by atoms with Crippen LogP contribution in [0.15, 0.2) is 109 Å². The molecule has 0 saturated carbocycles. The van der Waals surface area contributed by atoms with E-state index in [0.29, 0.717) is 46.8 Å². The Hall–Kier alpha value is -5.17. The molecule has 4 aromatic carbocycles. The van der Waals surface area contributed by atoms with Gasteiger partial charge in [0.15, 0.2) is 6.61 Å². The average Bonchev–Trinajstić information content (AvgIpc) is 3.00. The Morgan fingerprint density at radius 3 is 2.33 bits per heavy atom. The van der Waals surface area contributed by atoms with Crippen molar-refractivity contribution in [2.75, 3.05) is 18.5 Å². The molecule has 1 aromatic heterocycles. The van der Waals surface area contributed by atoms with Crippen LogP contribution in [0.3, 0.4) is 0 Å². The van der Waals surface area contributed by atoms with Crippen LogP contribution in [-0.2, 0) is 16.1 Å². The number of esters is 1. The predicted octanol–water partition coefficient (Wildman–Crippen LogP) is 6.68. The summed E-state index contributed by atoms with van der Waals surface area (Å²) in [7, 11) is 0. The van der Waals surface area contributed by atoms with Crippen LogP contribution in [0.5, 0.6) is 11.5 Å². The van der Waals surface area contributed by atoms with Crippen molar-refractivity contribution in [2.45, 2.75) is 13.5 Å². The van der Waals surface area contributed by atoms with Gasteiger partial charge in [-0.1, -0.05) is 60.7 Å². The fraction of sp³-hybridized carbons (Fsp3) is 0.121. The van der Waals surface area contributed by atoms with Crippen molar-refractivity contribution in [3.05, 3.63) is 120 Å². The van der Waals surface area contributed by atoms with Crippen molar-refractivity contribution in [3.8, 4) is 22.8 Å². The zero-order valence-corrected chi connectivity index (χ0v) is 22.0. The molecule has 1 heterocycles. The van der Waals surface area contributed by atoms with Gasteiger partial charge in [0, 0.05) is 10.9 Å². The van der Waals surface area contributed by atoms with Gasteiger partial charge in [-0.05, 0) is 61.0 Å². The van der Waals surface area contributed by atoms with Gasteiger partial charge in [-0.25, -0.2) is 9.78 Å². The summed E-state index contributed by atoms with van der Waals surface area (Å²) in [5.41, 5.74) is 3.99. The minimum Gasteiger partial charge on any atom is -0.492 e. The maximum atomic E-state index is 13.2. The predicted molar refractivity (Wildman–Crippen MR) is 154 cm³/mol. The van der Waals surface area contributed by atoms with Gasteiger partial charge in [0.05, 0.1) is 29.1 Å². The summed E-state index contributed by atoms with van der Waals surface area (Å²) in [5, 5.41) is 3.38. The number of nitrogens with zero attached hydrogens (tertiary/aromatic N) is 1. The van der Waals surface area contributed by atoms with Gasteiger partial charge in [-0.3, -0.25) is 4.79 Å². The molecule has 5 rings (SSSR count). The second-order valence-electron chi connectivity index (χ2n) is 8.92. The maximum absolute atomic E-state index is 13.2. The Balaban J connectivity index is 1.30. The molecular weight excluding hydrogens is 504 g/mol. The van der Waals surface area contributed by atoms with Crippen LogP contribution in [0.4, 0.5) is 5.69 Å². The lowest BCUT2D eigenvalue weighted by Crippen LogP contribution is -2.21. The molecule has 0 atom stereocenters. The molecule has 0 bridgehead atoms. The molecule has 0 aliphatic carbocycles. The number of rotatable bonds is 10. The first-order chi connectivity index (χ1) is 19.6. The minimum atomic E-state index is -0.615. The first-order valence-electron chi connectivity index (χ1n) is 13.0. The molecule has 40 heavy (non-hydrogen) atoms. The number of para-hydroxylation sites is 3. The van der Waals surface area contributed by atoms with Crippen molar-refractivity contribution < 1.29 is 23.8 Å². The van der Waals surface area contributed by atoms with Crippen molar-refractivity contribution in [2.24, 2.45) is 0 Å². The van der Waals surface area contributed by atoms with Crippen molar-refractivity contribution in [1.29, 1.82) is 0 Å². The van der Waals surface area contributed by atoms with E-state index in [1.54, 1.807) is 24.3 Å². The summed E-state index contributed by atoms with van der Waals surface area (Å²) in [6.07, 6.45) is 0. The molecule has 0 radical (unpaired) electrons. The largest absolute Gasteiger partial charge is 0.492 e. The van der Waals surface area contributed by atoms with E-state index < -0.39 is 18.5 Å². The maximum Gasteiger partial charge on any atom is 0.339 e. The standard InChI is InChI=1S/C33H28N2O5/c1-2-38-31-15-9-8-14-29(31)35-32(36)22-40-33(37)27-20-30(34-28-13-7-6-12-26(27)28)24-16-18-25(19-17-24)39-21-23-10-4-3-5-11-23/h3-20H,2,21-22H2,1H3,(H,35,36). The summed E-state index contributed by atoms with van der Waals surface area (Å²) >= 11 is 0. The Morgan fingerprint density at radius 1 is 0.800 bits per heavy atom. The Bertz CT molecular complexity index is 1620. The zero-order valence-electron chi connectivity index (χ0n) is 22.0. The fourth-order valence-corrected chi connectivity index (χ4v) is 4.20. The highest BCUT2D eigenvalue weighted by Gasteiger charge is 2.17. The topological polar surface area (TPSA) is 86.8 Å². The summed E-state index contributed by atoms with van der Waals surface area (Å²) < 4.78 is 16.8. The molecule has 0 aliphatic heterocycles. The smallest absolute Gasteiger partial charge is 0.339 e. The van der Waals surface area contributed by atoms with Gasteiger partial charge in [0.25, 0.3) is 5.91 Å². The Labute approximate surface area is 232 Å². The highest BCUT2D eigenvalue weighted by Crippen LogP contribution is 2.27. The van der Waals surface area contributed by atoms with Gasteiger partial charge in [0.1, 0.15) is 18.1 Å². The first kappa shape index (κ1) is 26.4. The number of anilines is 1. The van der Waals surface area contributed by atoms with Crippen LogP contribution in [0.1, 0.15) is 22.8 Å². The number of amides is 1. The highest BCUT2D eigenvalue weighted by molar-refractivity contribution is 6.05. The zero-order chi connectivity index (χ0) is 27.7. The van der Waals surface area contributed by atoms with Crippen molar-refractivity contribution >= 4 is 28.5 Å². The molecule has 1 N–H and O–H groups in total. The van der Waals surface area contributed by atoms with Gasteiger partial charge in [-0.2, -0.15) is 0 Å². The van der Waals surface area contributed by atoms with E-state index >= 15 is 0 Å². The monoisotopic (exact) mass is 532 g/mol. The number of benzene rings is 4. The summed E-state index contributed by atoms with van der Waals surface area (Å²) in [5.74, 6) is 0.192. The minimum absolute atomic E-state index is 0.326. The molecule has 1 amide bonds. The van der Waals surface area contributed by atoms with Crippen LogP contribution in [-0.4, -0.2) is 30.1 Å². The van der Waals surface area contributed by atoms with Gasteiger partial charge >= 0.3 is 5.97 Å². The number of pyridine rings is 1. The number of fused-ring (bicyclic) bond motifs is 1. The van der Waals surface area contributed by atoms with E-state index in [1.807, 2.05) is 91.9 Å². The van der Waals surface area contributed by atoms with E-state index in [4.69, 9.17) is 19.2 Å². The number of aromatic nitrogens is 1. The van der Waals surface area contributed by atoms with E-state index in [1.165, 1.54) is 0 Å². The van der Waals surface area contributed by atoms with E-state index in [0.717, 1.165) is 16.9 Å². The Morgan fingerprint density at radius 2 is 1.52 bits per heavy atom. The number of carbonyl (C=O) groups is 2. The second kappa shape index (κ2) is 12.6. The summed E-state index contributed by atoms with van der Waals surface area (Å²) in [6.45, 7) is 2.35. The van der Waals surface area contributed by atoms with Crippen molar-refractivity contribution in [3.63, 3.8) is 0 Å².